The molecule has 5 N–H and O–H groups in total. The Morgan fingerprint density at radius 1 is 0.725 bits per heavy atom. The number of aromatic nitrogens is 1. The van der Waals surface area contributed by atoms with Gasteiger partial charge in [0.2, 0.25) is 5.91 Å². The number of nitrogens with one attached hydrogen (secondary N) is 4. The zero-order valence-electron chi connectivity index (χ0n) is 30.7. The van der Waals surface area contributed by atoms with E-state index in [0.29, 0.717) is 0 Å². The minimum atomic E-state index is -1.22. The molecule has 276 valence electrons. The van der Waals surface area contributed by atoms with Crippen LogP contribution < -0.4 is 21.4 Å². The lowest BCUT2D eigenvalue weighted by Crippen LogP contribution is -2.60. The van der Waals surface area contributed by atoms with Crippen molar-refractivity contribution in [1.82, 2.24) is 31.4 Å². The van der Waals surface area contributed by atoms with Gasteiger partial charge >= 0.3 is 12.2 Å². The number of aliphatic hydroxyl groups is 1. The molecule has 0 unspecified atom stereocenters. The minimum absolute atomic E-state index is 0.117. The maximum Gasteiger partial charge on any atom is 0.407 e. The Morgan fingerprint density at radius 3 is 1.80 bits per heavy atom. The number of nitrogens with zero attached hydrogens (tertiary/aromatic N) is 2. The van der Waals surface area contributed by atoms with Crippen LogP contribution in [0.3, 0.4) is 0 Å². The zero-order chi connectivity index (χ0) is 37.8. The molecule has 1 heterocycles. The first kappa shape index (κ1) is 40.4. The van der Waals surface area contributed by atoms with Crippen LogP contribution in [0.4, 0.5) is 9.59 Å². The predicted octanol–water partition coefficient (Wildman–Crippen LogP) is 4.21. The van der Waals surface area contributed by atoms with Gasteiger partial charge in [0.25, 0.3) is 5.91 Å². The van der Waals surface area contributed by atoms with Crippen LogP contribution in [0.25, 0.3) is 11.1 Å². The monoisotopic (exact) mass is 704 g/mol. The molecule has 2 aromatic carbocycles. The van der Waals surface area contributed by atoms with E-state index in [1.165, 1.54) is 14.2 Å². The lowest BCUT2D eigenvalue weighted by Gasteiger charge is -2.35. The highest BCUT2D eigenvalue weighted by molar-refractivity contribution is 5.87. The van der Waals surface area contributed by atoms with E-state index < -0.39 is 59.1 Å². The highest BCUT2D eigenvalue weighted by Gasteiger charge is 2.37. The van der Waals surface area contributed by atoms with Crippen LogP contribution in [0.1, 0.15) is 52.7 Å². The number of methoxy groups -OCH3 is 2. The summed E-state index contributed by atoms with van der Waals surface area (Å²) in [7, 11) is 2.44. The molecule has 0 saturated carbocycles. The number of carbonyl (C=O) groups excluding carboxylic acids is 4. The normalized spacial score (nSPS) is 14.0. The summed E-state index contributed by atoms with van der Waals surface area (Å²) < 4.78 is 9.54. The first-order chi connectivity index (χ1) is 24.0. The third-order valence-electron chi connectivity index (χ3n) is 8.24. The van der Waals surface area contributed by atoms with Crippen LogP contribution >= 0.6 is 0 Å². The van der Waals surface area contributed by atoms with E-state index in [2.05, 4.69) is 26.4 Å². The molecule has 0 bridgehead atoms. The number of alkyl carbamates (subject to hydrolysis) is 2. The number of rotatable bonds is 14. The van der Waals surface area contributed by atoms with Crippen molar-refractivity contribution in [2.45, 2.75) is 78.7 Å². The number of pyridine rings is 1. The van der Waals surface area contributed by atoms with Gasteiger partial charge in [-0.05, 0) is 45.6 Å². The van der Waals surface area contributed by atoms with Crippen molar-refractivity contribution in [3.63, 3.8) is 0 Å². The minimum Gasteiger partial charge on any atom is -0.453 e. The van der Waals surface area contributed by atoms with Gasteiger partial charge in [-0.3, -0.25) is 20.0 Å². The summed E-state index contributed by atoms with van der Waals surface area (Å²) in [6.07, 6.45) is 0.981. The topological polar surface area (TPSA) is 171 Å². The number of hydrazine groups is 1. The Kier molecular flexibility index (Phi) is 14.5. The molecule has 0 aliphatic carbocycles. The summed E-state index contributed by atoms with van der Waals surface area (Å²) in [5.74, 6) is -1.03. The molecule has 4 amide bonds. The van der Waals surface area contributed by atoms with Crippen LogP contribution in [0.15, 0.2) is 79.1 Å². The summed E-state index contributed by atoms with van der Waals surface area (Å²) >= 11 is 0. The molecular weight excluding hydrogens is 652 g/mol. The Labute approximate surface area is 300 Å². The van der Waals surface area contributed by atoms with Gasteiger partial charge in [-0.15, -0.1) is 0 Å². The van der Waals surface area contributed by atoms with Gasteiger partial charge < -0.3 is 30.5 Å². The average Bonchev–Trinajstić information content (AvgIpc) is 3.08. The second-order valence-corrected chi connectivity index (χ2v) is 14.5. The molecule has 13 heteroatoms. The number of benzene rings is 2. The first-order valence-corrected chi connectivity index (χ1v) is 16.8. The highest BCUT2D eigenvalue weighted by Crippen LogP contribution is 2.23. The van der Waals surface area contributed by atoms with Crippen LogP contribution in [0.5, 0.6) is 0 Å². The Bertz CT molecular complexity index is 1570. The highest BCUT2D eigenvalue weighted by atomic mass is 16.5. The van der Waals surface area contributed by atoms with Crippen LogP contribution in [0, 0.1) is 10.8 Å². The zero-order valence-corrected chi connectivity index (χ0v) is 30.7. The summed E-state index contributed by atoms with van der Waals surface area (Å²) in [6.45, 7) is 10.9. The van der Waals surface area contributed by atoms with E-state index in [-0.39, 0.29) is 19.5 Å². The van der Waals surface area contributed by atoms with Gasteiger partial charge in [0.15, 0.2) is 0 Å². The molecule has 0 fully saturated rings. The molecule has 51 heavy (non-hydrogen) atoms. The fourth-order valence-electron chi connectivity index (χ4n) is 5.40. The molecule has 0 aliphatic rings. The lowest BCUT2D eigenvalue weighted by atomic mass is 9.85. The molecule has 3 rings (SSSR count). The van der Waals surface area contributed by atoms with Crippen molar-refractivity contribution in [1.29, 1.82) is 0 Å². The Balaban J connectivity index is 1.96. The fourth-order valence-corrected chi connectivity index (χ4v) is 5.40. The van der Waals surface area contributed by atoms with Gasteiger partial charge in [0, 0.05) is 25.5 Å². The summed E-state index contributed by atoms with van der Waals surface area (Å²) in [4.78, 5) is 56.1. The second-order valence-electron chi connectivity index (χ2n) is 14.5. The van der Waals surface area contributed by atoms with Crippen LogP contribution in [-0.2, 0) is 32.0 Å². The van der Waals surface area contributed by atoms with Crippen molar-refractivity contribution in [3.05, 3.63) is 90.3 Å². The lowest BCUT2D eigenvalue weighted by molar-refractivity contribution is -0.132. The summed E-state index contributed by atoms with van der Waals surface area (Å²) in [5, 5.41) is 21.6. The number of aliphatic hydroxyl groups excluding tert-OH is 1. The van der Waals surface area contributed by atoms with Crippen molar-refractivity contribution in [2.75, 3.05) is 20.8 Å². The average molecular weight is 705 g/mol. The molecule has 13 nitrogen and oxygen atoms in total. The van der Waals surface area contributed by atoms with Gasteiger partial charge in [0.1, 0.15) is 12.1 Å². The number of ether oxygens (including phenoxy) is 2. The van der Waals surface area contributed by atoms with Crippen molar-refractivity contribution >= 4 is 24.0 Å². The molecular formula is C38H52N6O7. The second kappa shape index (κ2) is 18.3. The molecule has 3 aromatic rings. The van der Waals surface area contributed by atoms with E-state index in [0.717, 1.165) is 22.3 Å². The van der Waals surface area contributed by atoms with Gasteiger partial charge in [-0.1, -0.05) is 102 Å². The van der Waals surface area contributed by atoms with Gasteiger partial charge in [-0.25, -0.2) is 14.6 Å². The van der Waals surface area contributed by atoms with Gasteiger partial charge in [-0.2, -0.15) is 0 Å². The summed E-state index contributed by atoms with van der Waals surface area (Å²) in [6, 6.07) is 18.1. The molecule has 0 saturated heterocycles. The molecule has 0 aliphatic heterocycles. The molecule has 0 radical (unpaired) electrons. The van der Waals surface area contributed by atoms with Crippen LogP contribution in [0.2, 0.25) is 0 Å². The van der Waals surface area contributed by atoms with E-state index in [9.17, 15) is 24.3 Å². The standard InChI is InChI=1S/C38H52N6O7/c1-37(2,3)31(41-35(48)50-7)33(46)40-29(21-25-13-10-9-11-14-25)30(45)24-44(43-34(47)32(38(4,5)6)42-36(49)51-8)23-26-16-18-27(19-17-26)28-15-12-20-39-22-28/h9-20,22,29-32,45H,21,23-24H2,1-8H3,(H,40,46)(H,41,48)(H,42,49)(H,43,47)/t29-,30-,31+,32+/m0/s1. The van der Waals surface area contributed by atoms with Crippen molar-refractivity contribution in [3.8, 4) is 11.1 Å². The maximum atomic E-state index is 13.8. The number of hydrogen-bond acceptors (Lipinski definition) is 9. The largest absolute Gasteiger partial charge is 0.453 e. The maximum absolute atomic E-state index is 13.8. The smallest absolute Gasteiger partial charge is 0.407 e. The molecule has 4 atom stereocenters. The molecule has 1 aromatic heterocycles. The third-order valence-corrected chi connectivity index (χ3v) is 8.24. The van der Waals surface area contributed by atoms with Crippen LogP contribution in [-0.4, -0.2) is 84.1 Å². The van der Waals surface area contributed by atoms with E-state index in [1.54, 1.807) is 38.2 Å². The quantitative estimate of drug-likeness (QED) is 0.154. The number of amides is 4. The molecule has 0 spiro atoms. The predicted molar refractivity (Wildman–Crippen MR) is 194 cm³/mol. The van der Waals surface area contributed by atoms with E-state index >= 15 is 0 Å². The summed E-state index contributed by atoms with van der Waals surface area (Å²) in [5.41, 5.74) is 5.08. The third kappa shape index (κ3) is 12.7. The Morgan fingerprint density at radius 2 is 1.29 bits per heavy atom. The van der Waals surface area contributed by atoms with E-state index in [4.69, 9.17) is 9.47 Å². The number of hydrogen-bond donors (Lipinski definition) is 5. The first-order valence-electron chi connectivity index (χ1n) is 16.8. The number of carbonyl (C=O) groups is 4. The van der Waals surface area contributed by atoms with E-state index in [1.807, 2.05) is 87.5 Å². The van der Waals surface area contributed by atoms with Gasteiger partial charge in [0.05, 0.1) is 26.4 Å². The Hall–Kier alpha value is -5.01. The van der Waals surface area contributed by atoms with Crippen molar-refractivity contribution in [2.24, 2.45) is 10.8 Å². The van der Waals surface area contributed by atoms with Crippen molar-refractivity contribution < 1.29 is 33.8 Å². The fraction of sp³-hybridized carbons (Fsp3) is 0.447. The SMILES string of the molecule is COC(=O)N[C@H](C(=O)N[C@@H](Cc1ccccc1)[C@@H](O)CN(Cc1ccc(-c2cccnc2)cc1)NC(=O)[C@@H](NC(=O)OC)C(C)(C)C)C(C)(C)C.